The smallest absolute Gasteiger partial charge is 0.344 e. The first kappa shape index (κ1) is 34.9. The maximum atomic E-state index is 13.8. The predicted molar refractivity (Wildman–Crippen MR) is 173 cm³/mol. The number of hydrogen-bond donors (Lipinski definition) is 7. The minimum Gasteiger partial charge on any atom is -0.508 e. The maximum absolute atomic E-state index is 13.8. The van der Waals surface area contributed by atoms with Gasteiger partial charge in [-0.25, -0.2) is 14.4 Å². The van der Waals surface area contributed by atoms with Crippen LogP contribution < -0.4 is 4.74 Å². The van der Waals surface area contributed by atoms with Crippen molar-refractivity contribution in [3.8, 4) is 23.0 Å². The van der Waals surface area contributed by atoms with Gasteiger partial charge in [0, 0.05) is 62.3 Å². The molecule has 7 rings (SSSR count). The summed E-state index contributed by atoms with van der Waals surface area (Å²) in [6, 6.07) is 12.6. The van der Waals surface area contributed by atoms with Crippen LogP contribution in [0.5, 0.6) is 23.0 Å². The SMILES string of the molecule is O=C1C(c2cc3c4c(c(O)cc(C5=C(O)O/C(=C(/C(=O)O)c6ccc(O)cc6)C5=O)c4c2)OC3=O)=C(O)O/C1=C(/C(=O)O)c1ccc(O)cc1.[K]. The average Bonchev–Trinajstić information content (AvgIpc) is 3.66. The van der Waals surface area contributed by atoms with Gasteiger partial charge in [0.05, 0.1) is 5.56 Å². The number of ketones is 2. The molecule has 0 spiro atoms. The largest absolute Gasteiger partial charge is 0.508 e. The molecule has 51 heavy (non-hydrogen) atoms. The number of carboxylic acids is 2. The fourth-order valence-electron chi connectivity index (χ4n) is 5.86. The van der Waals surface area contributed by atoms with E-state index in [1.54, 1.807) is 0 Å². The van der Waals surface area contributed by atoms with Gasteiger partial charge in [0.2, 0.25) is 11.6 Å². The Bertz CT molecular complexity index is 2430. The van der Waals surface area contributed by atoms with Crippen molar-refractivity contribution >= 4 is 114 Å². The van der Waals surface area contributed by atoms with Crippen molar-refractivity contribution in [3.05, 3.63) is 118 Å². The van der Waals surface area contributed by atoms with E-state index in [-0.39, 0.29) is 107 Å². The standard InChI is InChI=1S/C35H18O15.K/c36-15-5-1-12(2-6-15)22(31(41)42)29-26(39)21(34(46)49-29)14-9-17-18(11-20(38)28-24(17)19(10-14)33(45)48-28)25-27(40)30(50-35(25)47)23(32(43)44)13-3-7-16(37)8-4-13;/h1-11,36-38,46-47H,(H,41,42)(H,43,44);/b29-22+,30-23+;. The maximum Gasteiger partial charge on any atom is 0.344 e. The van der Waals surface area contributed by atoms with E-state index < -0.39 is 80.9 Å². The van der Waals surface area contributed by atoms with Crippen LogP contribution in [0.4, 0.5) is 0 Å². The topological polar surface area (TPSA) is 255 Å². The summed E-state index contributed by atoms with van der Waals surface area (Å²) in [6.45, 7) is 0. The number of benzene rings is 4. The molecule has 0 bridgehead atoms. The summed E-state index contributed by atoms with van der Waals surface area (Å²) in [5.41, 5.74) is -3.57. The number of rotatable bonds is 6. The van der Waals surface area contributed by atoms with Crippen molar-refractivity contribution in [2.24, 2.45) is 0 Å². The molecule has 0 unspecified atom stereocenters. The first-order valence-corrected chi connectivity index (χ1v) is 14.2. The minimum atomic E-state index is -1.63. The molecule has 0 saturated carbocycles. The Morgan fingerprint density at radius 3 is 1.53 bits per heavy atom. The molecule has 0 amide bonds. The van der Waals surface area contributed by atoms with Crippen molar-refractivity contribution < 1.29 is 73.9 Å². The molecule has 3 aliphatic rings. The van der Waals surface area contributed by atoms with E-state index in [0.29, 0.717) is 0 Å². The average molecular weight is 718 g/mol. The number of aromatic hydroxyl groups is 3. The summed E-state index contributed by atoms with van der Waals surface area (Å²) in [5, 5.41) is 71.4. The van der Waals surface area contributed by atoms with Gasteiger partial charge < -0.3 is 50.0 Å². The number of aliphatic carboxylic acids is 2. The quantitative estimate of drug-likeness (QED) is 0.0649. The van der Waals surface area contributed by atoms with Crippen LogP contribution in [0.25, 0.3) is 33.1 Å². The number of allylic oxidation sites excluding steroid dienone is 2. The number of Topliss-reactive ketones (excluding diaryl/α,β-unsaturated/α-hetero) is 2. The Morgan fingerprint density at radius 2 is 1.04 bits per heavy atom. The van der Waals surface area contributed by atoms with Gasteiger partial charge in [-0.05, 0) is 64.5 Å². The van der Waals surface area contributed by atoms with Crippen molar-refractivity contribution in [1.29, 1.82) is 0 Å². The van der Waals surface area contributed by atoms with Gasteiger partial charge in [0.15, 0.2) is 23.0 Å². The Kier molecular flexibility index (Phi) is 8.74. The molecule has 0 aromatic heterocycles. The fourth-order valence-corrected chi connectivity index (χ4v) is 5.86. The summed E-state index contributed by atoms with van der Waals surface area (Å²) in [5.74, 6) is -11.7. The van der Waals surface area contributed by atoms with Crippen LogP contribution in [0.3, 0.4) is 0 Å². The molecular weight excluding hydrogens is 699 g/mol. The van der Waals surface area contributed by atoms with Crippen molar-refractivity contribution in [1.82, 2.24) is 0 Å². The van der Waals surface area contributed by atoms with E-state index in [2.05, 4.69) is 0 Å². The second-order valence-corrected chi connectivity index (χ2v) is 10.9. The van der Waals surface area contributed by atoms with Crippen LogP contribution >= 0.6 is 0 Å². The van der Waals surface area contributed by atoms with E-state index in [9.17, 15) is 59.7 Å². The Balaban J connectivity index is 0.00000448. The van der Waals surface area contributed by atoms with E-state index in [1.165, 1.54) is 42.5 Å². The van der Waals surface area contributed by atoms with Crippen LogP contribution in [-0.2, 0) is 28.7 Å². The Morgan fingerprint density at radius 1 is 0.569 bits per heavy atom. The fraction of sp³-hybridized carbons (Fsp3) is 0. The van der Waals surface area contributed by atoms with Gasteiger partial charge in [-0.1, -0.05) is 24.3 Å². The summed E-state index contributed by atoms with van der Waals surface area (Å²) < 4.78 is 15.7. The number of carbonyl (C=O) groups is 5. The normalized spacial score (nSPS) is 16.9. The van der Waals surface area contributed by atoms with Gasteiger partial charge >= 0.3 is 17.9 Å². The molecule has 7 N–H and O–H groups in total. The summed E-state index contributed by atoms with van der Waals surface area (Å²) in [4.78, 5) is 65.0. The number of carbonyl (C=O) groups excluding carboxylic acids is 3. The van der Waals surface area contributed by atoms with Gasteiger partial charge in [-0.15, -0.1) is 0 Å². The molecule has 3 heterocycles. The third-order valence-corrected chi connectivity index (χ3v) is 8.03. The monoisotopic (exact) mass is 717 g/mol. The number of ether oxygens (including phenoxy) is 3. The zero-order valence-corrected chi connectivity index (χ0v) is 28.9. The second kappa shape index (κ2) is 12.8. The third kappa shape index (κ3) is 5.60. The molecule has 4 aromatic carbocycles. The minimum absolute atomic E-state index is 0. The van der Waals surface area contributed by atoms with E-state index in [1.807, 2.05) is 0 Å². The number of esters is 1. The van der Waals surface area contributed by atoms with Gasteiger partial charge in [-0.2, -0.15) is 0 Å². The summed E-state index contributed by atoms with van der Waals surface area (Å²) in [7, 11) is 0. The first-order valence-electron chi connectivity index (χ1n) is 14.2. The number of phenols is 3. The van der Waals surface area contributed by atoms with Crippen LogP contribution in [0.1, 0.15) is 32.6 Å². The molecule has 3 aliphatic heterocycles. The number of carboxylic acid groups (broad SMARTS) is 2. The molecule has 249 valence electrons. The zero-order valence-electron chi connectivity index (χ0n) is 25.7. The number of aliphatic hydroxyl groups is 2. The van der Waals surface area contributed by atoms with Gasteiger partial charge in [-0.3, -0.25) is 9.59 Å². The second-order valence-electron chi connectivity index (χ2n) is 10.9. The third-order valence-electron chi connectivity index (χ3n) is 8.03. The molecule has 4 aromatic rings. The molecular formula is C35H18KO15. The van der Waals surface area contributed by atoms with Crippen molar-refractivity contribution in [3.63, 3.8) is 0 Å². The van der Waals surface area contributed by atoms with Crippen molar-refractivity contribution in [2.45, 2.75) is 0 Å². The van der Waals surface area contributed by atoms with Crippen LogP contribution in [0, 0.1) is 0 Å². The van der Waals surface area contributed by atoms with Crippen LogP contribution in [0.15, 0.2) is 90.1 Å². The van der Waals surface area contributed by atoms with E-state index in [0.717, 1.165) is 24.3 Å². The number of aliphatic hydroxyl groups excluding tert-OH is 2. The molecule has 16 heteroatoms. The molecule has 1 radical (unpaired) electrons. The van der Waals surface area contributed by atoms with E-state index in [4.69, 9.17) is 14.2 Å². The number of hydrogen-bond acceptors (Lipinski definition) is 13. The molecule has 0 fully saturated rings. The van der Waals surface area contributed by atoms with Gasteiger partial charge in [0.1, 0.15) is 33.8 Å². The molecule has 0 saturated heterocycles. The summed E-state index contributed by atoms with van der Waals surface area (Å²) >= 11 is 0. The Hall–Kier alpha value is -5.91. The molecule has 0 atom stereocenters. The van der Waals surface area contributed by atoms with E-state index >= 15 is 0 Å². The van der Waals surface area contributed by atoms with Crippen LogP contribution in [-0.4, -0.2) is 117 Å². The predicted octanol–water partition coefficient (Wildman–Crippen LogP) is 3.75. The summed E-state index contributed by atoms with van der Waals surface area (Å²) in [6.07, 6.45) is 0. The Labute approximate surface area is 326 Å². The molecule has 15 nitrogen and oxygen atoms in total. The van der Waals surface area contributed by atoms with Crippen molar-refractivity contribution in [2.75, 3.05) is 0 Å². The number of phenolic OH excluding ortho intramolecular Hbond substituents is 3. The van der Waals surface area contributed by atoms with Gasteiger partial charge in [0.25, 0.3) is 11.9 Å². The first-order chi connectivity index (χ1) is 23.8. The van der Waals surface area contributed by atoms with Crippen LogP contribution in [0.2, 0.25) is 0 Å². The zero-order chi connectivity index (χ0) is 35.8. The molecule has 0 aliphatic carbocycles.